The SMILES string of the molecule is CC1=Nc2c(C)nc(C)nc2C1C(C)C. The molecule has 1 atom stereocenters. The second-order valence-electron chi connectivity index (χ2n) is 4.56. The van der Waals surface area contributed by atoms with E-state index < -0.39 is 0 Å². The van der Waals surface area contributed by atoms with Crippen LogP contribution in [0.3, 0.4) is 0 Å². The predicted molar refractivity (Wildman–Crippen MR) is 61.9 cm³/mol. The monoisotopic (exact) mass is 203 g/mol. The van der Waals surface area contributed by atoms with Gasteiger partial charge in [0.15, 0.2) is 0 Å². The smallest absolute Gasteiger partial charge is 0.125 e. The van der Waals surface area contributed by atoms with Crippen LogP contribution < -0.4 is 0 Å². The van der Waals surface area contributed by atoms with Crippen molar-refractivity contribution >= 4 is 11.4 Å². The van der Waals surface area contributed by atoms with Crippen LogP contribution in [0.5, 0.6) is 0 Å². The van der Waals surface area contributed by atoms with Gasteiger partial charge in [0.1, 0.15) is 11.5 Å². The van der Waals surface area contributed by atoms with E-state index in [9.17, 15) is 0 Å². The zero-order valence-corrected chi connectivity index (χ0v) is 10.00. The highest BCUT2D eigenvalue weighted by atomic mass is 15.0. The van der Waals surface area contributed by atoms with Crippen molar-refractivity contribution in [2.45, 2.75) is 40.5 Å². The Hall–Kier alpha value is -1.25. The fraction of sp³-hybridized carbons (Fsp3) is 0.583. The Balaban J connectivity index is 2.60. The van der Waals surface area contributed by atoms with Crippen LogP contribution in [0.25, 0.3) is 0 Å². The number of aromatic nitrogens is 2. The number of nitrogens with zero attached hydrogens (tertiary/aromatic N) is 3. The fourth-order valence-corrected chi connectivity index (χ4v) is 2.33. The van der Waals surface area contributed by atoms with E-state index in [1.807, 2.05) is 13.8 Å². The van der Waals surface area contributed by atoms with Crippen LogP contribution in [0.2, 0.25) is 0 Å². The molecule has 0 radical (unpaired) electrons. The molecule has 0 spiro atoms. The third-order valence-electron chi connectivity index (χ3n) is 2.90. The van der Waals surface area contributed by atoms with E-state index in [-0.39, 0.29) is 0 Å². The van der Waals surface area contributed by atoms with E-state index in [4.69, 9.17) is 0 Å². The van der Waals surface area contributed by atoms with E-state index in [0.717, 1.165) is 22.9 Å². The van der Waals surface area contributed by atoms with Crippen molar-refractivity contribution in [2.24, 2.45) is 10.9 Å². The zero-order valence-electron chi connectivity index (χ0n) is 10.00. The quantitative estimate of drug-likeness (QED) is 0.703. The molecule has 0 aliphatic carbocycles. The van der Waals surface area contributed by atoms with Gasteiger partial charge in [-0.3, -0.25) is 4.99 Å². The Kier molecular flexibility index (Phi) is 2.33. The molecule has 3 nitrogen and oxygen atoms in total. The molecule has 2 heterocycles. The average Bonchev–Trinajstić information content (AvgIpc) is 2.41. The highest BCUT2D eigenvalue weighted by Gasteiger charge is 2.30. The minimum atomic E-state index is 0.375. The molecule has 1 aromatic rings. The van der Waals surface area contributed by atoms with Gasteiger partial charge in [-0.1, -0.05) is 13.8 Å². The van der Waals surface area contributed by atoms with Crippen molar-refractivity contribution in [1.29, 1.82) is 0 Å². The summed E-state index contributed by atoms with van der Waals surface area (Å²) in [6, 6.07) is 0. The number of rotatable bonds is 1. The topological polar surface area (TPSA) is 38.1 Å². The fourth-order valence-electron chi connectivity index (χ4n) is 2.33. The van der Waals surface area contributed by atoms with Crippen molar-refractivity contribution in [2.75, 3.05) is 0 Å². The Morgan fingerprint density at radius 3 is 2.33 bits per heavy atom. The van der Waals surface area contributed by atoms with Crippen LogP contribution in [-0.4, -0.2) is 15.7 Å². The lowest BCUT2D eigenvalue weighted by molar-refractivity contribution is 0.595. The largest absolute Gasteiger partial charge is 0.254 e. The maximum Gasteiger partial charge on any atom is 0.125 e. The minimum absolute atomic E-state index is 0.375. The first-order valence-corrected chi connectivity index (χ1v) is 5.41. The van der Waals surface area contributed by atoms with Crippen LogP contribution in [0.15, 0.2) is 4.99 Å². The summed E-state index contributed by atoms with van der Waals surface area (Å²) < 4.78 is 0. The van der Waals surface area contributed by atoms with Gasteiger partial charge in [-0.2, -0.15) is 0 Å². The Morgan fingerprint density at radius 2 is 1.73 bits per heavy atom. The van der Waals surface area contributed by atoms with E-state index in [2.05, 4.69) is 35.7 Å². The molecule has 2 rings (SSSR count). The molecule has 0 N–H and O–H groups in total. The first-order valence-electron chi connectivity index (χ1n) is 5.41. The van der Waals surface area contributed by atoms with Gasteiger partial charge in [0, 0.05) is 11.6 Å². The van der Waals surface area contributed by atoms with Gasteiger partial charge < -0.3 is 0 Å². The molecule has 1 aliphatic rings. The molecule has 15 heavy (non-hydrogen) atoms. The molecule has 0 aromatic carbocycles. The lowest BCUT2D eigenvalue weighted by atomic mass is 9.89. The van der Waals surface area contributed by atoms with Gasteiger partial charge in [-0.15, -0.1) is 0 Å². The minimum Gasteiger partial charge on any atom is -0.254 e. The number of hydrogen-bond donors (Lipinski definition) is 0. The van der Waals surface area contributed by atoms with Crippen LogP contribution in [0.1, 0.15) is 43.9 Å². The summed E-state index contributed by atoms with van der Waals surface area (Å²) >= 11 is 0. The first-order chi connectivity index (χ1) is 7.00. The molecule has 1 unspecified atom stereocenters. The summed E-state index contributed by atoms with van der Waals surface area (Å²) in [5.41, 5.74) is 4.28. The number of hydrogen-bond acceptors (Lipinski definition) is 3. The molecule has 0 bridgehead atoms. The van der Waals surface area contributed by atoms with Crippen molar-refractivity contribution in [3.63, 3.8) is 0 Å². The summed E-state index contributed by atoms with van der Waals surface area (Å²) in [4.78, 5) is 13.5. The van der Waals surface area contributed by atoms with Gasteiger partial charge in [-0.25, -0.2) is 9.97 Å². The third-order valence-corrected chi connectivity index (χ3v) is 2.90. The second-order valence-corrected chi connectivity index (χ2v) is 4.56. The van der Waals surface area contributed by atoms with Crippen LogP contribution in [-0.2, 0) is 0 Å². The van der Waals surface area contributed by atoms with Gasteiger partial charge in [0.25, 0.3) is 0 Å². The van der Waals surface area contributed by atoms with Crippen LogP contribution in [0, 0.1) is 19.8 Å². The van der Waals surface area contributed by atoms with Crippen LogP contribution in [0.4, 0.5) is 5.69 Å². The number of fused-ring (bicyclic) bond motifs is 1. The highest BCUT2D eigenvalue weighted by Crippen LogP contribution is 2.39. The molecule has 0 amide bonds. The van der Waals surface area contributed by atoms with E-state index in [1.165, 1.54) is 5.71 Å². The lowest BCUT2D eigenvalue weighted by Crippen LogP contribution is -2.13. The summed E-state index contributed by atoms with van der Waals surface area (Å²) in [5, 5.41) is 0. The zero-order chi connectivity index (χ0) is 11.2. The van der Waals surface area contributed by atoms with Crippen molar-refractivity contribution < 1.29 is 0 Å². The molecule has 3 heteroatoms. The standard InChI is InChI=1S/C12H17N3/c1-6(2)10-7(3)14-11-8(4)13-9(5)15-12(10)11/h6,10H,1-5H3. The highest BCUT2D eigenvalue weighted by molar-refractivity contribution is 5.96. The molecular weight excluding hydrogens is 186 g/mol. The molecule has 1 aromatic heterocycles. The third kappa shape index (κ3) is 1.56. The normalized spacial score (nSPS) is 19.3. The number of aliphatic imine (C=N–C) groups is 1. The molecule has 0 saturated heterocycles. The van der Waals surface area contributed by atoms with E-state index in [1.54, 1.807) is 0 Å². The number of aryl methyl sites for hydroxylation is 2. The average molecular weight is 203 g/mol. The molecule has 1 aliphatic heterocycles. The van der Waals surface area contributed by atoms with Gasteiger partial charge in [0.2, 0.25) is 0 Å². The predicted octanol–water partition coefficient (Wildman–Crippen LogP) is 2.94. The molecule has 0 saturated carbocycles. The Labute approximate surface area is 90.7 Å². The summed E-state index contributed by atoms with van der Waals surface area (Å²) in [5.74, 6) is 1.77. The van der Waals surface area contributed by atoms with E-state index >= 15 is 0 Å². The Morgan fingerprint density at radius 1 is 1.07 bits per heavy atom. The van der Waals surface area contributed by atoms with Crippen molar-refractivity contribution in [3.05, 3.63) is 17.2 Å². The van der Waals surface area contributed by atoms with Gasteiger partial charge in [0.05, 0.1) is 11.4 Å². The van der Waals surface area contributed by atoms with Crippen molar-refractivity contribution in [3.8, 4) is 0 Å². The molecule has 80 valence electrons. The van der Waals surface area contributed by atoms with Gasteiger partial charge in [-0.05, 0) is 26.7 Å². The summed E-state index contributed by atoms with van der Waals surface area (Å²) in [6.07, 6.45) is 0. The van der Waals surface area contributed by atoms with Crippen molar-refractivity contribution in [1.82, 2.24) is 9.97 Å². The molecule has 0 fully saturated rings. The summed E-state index contributed by atoms with van der Waals surface area (Å²) in [7, 11) is 0. The van der Waals surface area contributed by atoms with Crippen LogP contribution >= 0.6 is 0 Å². The maximum atomic E-state index is 4.59. The Bertz CT molecular complexity index is 433. The molecular formula is C12H17N3. The maximum absolute atomic E-state index is 4.59. The van der Waals surface area contributed by atoms with Gasteiger partial charge >= 0.3 is 0 Å². The van der Waals surface area contributed by atoms with E-state index in [0.29, 0.717) is 11.8 Å². The summed E-state index contributed by atoms with van der Waals surface area (Å²) in [6.45, 7) is 10.5. The first kappa shape index (κ1) is 10.3. The second kappa shape index (κ2) is 3.40. The lowest BCUT2D eigenvalue weighted by Gasteiger charge is -2.15.